The van der Waals surface area contributed by atoms with Crippen molar-refractivity contribution in [2.24, 2.45) is 0 Å². The van der Waals surface area contributed by atoms with Crippen LogP contribution in [0.2, 0.25) is 0 Å². The van der Waals surface area contributed by atoms with Crippen LogP contribution in [0.5, 0.6) is 0 Å². The summed E-state index contributed by atoms with van der Waals surface area (Å²) in [4.78, 5) is 11.8. The fourth-order valence-electron chi connectivity index (χ4n) is 1.71. The van der Waals surface area contributed by atoms with Gasteiger partial charge in [-0.2, -0.15) is 0 Å². The normalized spacial score (nSPS) is 12.1. The van der Waals surface area contributed by atoms with Crippen molar-refractivity contribution in [2.45, 2.75) is 30.7 Å². The van der Waals surface area contributed by atoms with E-state index in [1.165, 1.54) is 16.4 Å². The van der Waals surface area contributed by atoms with E-state index in [0.717, 1.165) is 16.5 Å². The highest BCUT2D eigenvalue weighted by molar-refractivity contribution is 9.10. The quantitative estimate of drug-likeness (QED) is 0.468. The van der Waals surface area contributed by atoms with Crippen molar-refractivity contribution in [3.8, 4) is 11.4 Å². The molecule has 8 heteroatoms. The van der Waals surface area contributed by atoms with Gasteiger partial charge in [0.05, 0.1) is 6.61 Å². The van der Waals surface area contributed by atoms with Crippen LogP contribution in [0.25, 0.3) is 11.4 Å². The molecular formula is C14H17BrN4O2S. The van der Waals surface area contributed by atoms with Crippen LogP contribution in [0.4, 0.5) is 0 Å². The van der Waals surface area contributed by atoms with Gasteiger partial charge in [0, 0.05) is 10.0 Å². The standard InChI is InChI=1S/C14H17BrN4O2S/c1-3-8-21-13(20)9(2)22-14-18-17-12(19(14)16)10-6-4-5-7-11(10)15/h4-7,9H,3,8,16H2,1-2H3. The van der Waals surface area contributed by atoms with Gasteiger partial charge in [0.1, 0.15) is 5.25 Å². The Balaban J connectivity index is 2.15. The van der Waals surface area contributed by atoms with Gasteiger partial charge in [-0.05, 0) is 25.5 Å². The third kappa shape index (κ3) is 3.80. The summed E-state index contributed by atoms with van der Waals surface area (Å²) in [5.41, 5.74) is 0.838. The molecule has 1 unspecified atom stereocenters. The maximum absolute atomic E-state index is 11.8. The smallest absolute Gasteiger partial charge is 0.319 e. The SMILES string of the molecule is CCCOC(=O)C(C)Sc1nnc(-c2ccccc2Br)n1N. The number of hydrogen-bond acceptors (Lipinski definition) is 6. The second kappa shape index (κ2) is 7.64. The van der Waals surface area contributed by atoms with E-state index in [0.29, 0.717) is 17.6 Å². The average Bonchev–Trinajstić information content (AvgIpc) is 2.86. The zero-order chi connectivity index (χ0) is 16.1. The van der Waals surface area contributed by atoms with Crippen LogP contribution in [0.1, 0.15) is 20.3 Å². The highest BCUT2D eigenvalue weighted by Crippen LogP contribution is 2.29. The van der Waals surface area contributed by atoms with Gasteiger partial charge in [-0.25, -0.2) is 4.68 Å². The van der Waals surface area contributed by atoms with Gasteiger partial charge in [-0.3, -0.25) is 4.79 Å². The van der Waals surface area contributed by atoms with E-state index in [-0.39, 0.29) is 5.97 Å². The van der Waals surface area contributed by atoms with Gasteiger partial charge in [0.15, 0.2) is 5.82 Å². The number of rotatable bonds is 6. The molecule has 0 fully saturated rings. The summed E-state index contributed by atoms with van der Waals surface area (Å²) in [6.07, 6.45) is 0.794. The van der Waals surface area contributed by atoms with E-state index < -0.39 is 5.25 Å². The minimum absolute atomic E-state index is 0.280. The largest absolute Gasteiger partial charge is 0.465 e. The molecule has 22 heavy (non-hydrogen) atoms. The second-order valence-corrected chi connectivity index (χ2v) is 6.75. The molecule has 0 radical (unpaired) electrons. The van der Waals surface area contributed by atoms with Gasteiger partial charge < -0.3 is 10.6 Å². The monoisotopic (exact) mass is 384 g/mol. The molecule has 0 aliphatic rings. The minimum atomic E-state index is -0.398. The summed E-state index contributed by atoms with van der Waals surface area (Å²) < 4.78 is 7.37. The zero-order valence-corrected chi connectivity index (χ0v) is 14.7. The minimum Gasteiger partial charge on any atom is -0.465 e. The summed E-state index contributed by atoms with van der Waals surface area (Å²) in [7, 11) is 0. The molecule has 0 saturated carbocycles. The van der Waals surface area contributed by atoms with Crippen LogP contribution in [-0.4, -0.2) is 32.7 Å². The number of nitrogen functional groups attached to an aromatic ring is 1. The second-order valence-electron chi connectivity index (χ2n) is 4.58. The fraction of sp³-hybridized carbons (Fsp3) is 0.357. The van der Waals surface area contributed by atoms with Crippen LogP contribution < -0.4 is 5.84 Å². The predicted octanol–water partition coefficient (Wildman–Crippen LogP) is 2.86. The van der Waals surface area contributed by atoms with Crippen molar-refractivity contribution >= 4 is 33.7 Å². The van der Waals surface area contributed by atoms with E-state index in [2.05, 4.69) is 26.1 Å². The number of ether oxygens (including phenoxy) is 1. The molecule has 1 aromatic carbocycles. The summed E-state index contributed by atoms with van der Waals surface area (Å²) >= 11 is 4.69. The zero-order valence-electron chi connectivity index (χ0n) is 12.3. The maximum Gasteiger partial charge on any atom is 0.319 e. The summed E-state index contributed by atoms with van der Waals surface area (Å²) in [5, 5.41) is 8.23. The van der Waals surface area contributed by atoms with Crippen molar-refractivity contribution in [3.05, 3.63) is 28.7 Å². The Labute approximate surface area is 141 Å². The van der Waals surface area contributed by atoms with E-state index in [9.17, 15) is 4.79 Å². The maximum atomic E-state index is 11.8. The van der Waals surface area contributed by atoms with Gasteiger partial charge in [0.25, 0.3) is 0 Å². The average molecular weight is 385 g/mol. The number of thioether (sulfide) groups is 1. The van der Waals surface area contributed by atoms with Crippen molar-refractivity contribution in [3.63, 3.8) is 0 Å². The topological polar surface area (TPSA) is 83.0 Å². The number of hydrogen-bond donors (Lipinski definition) is 1. The molecule has 6 nitrogen and oxygen atoms in total. The lowest BCUT2D eigenvalue weighted by Crippen LogP contribution is -2.19. The predicted molar refractivity (Wildman–Crippen MR) is 89.9 cm³/mol. The lowest BCUT2D eigenvalue weighted by Gasteiger charge is -2.10. The molecule has 0 saturated heterocycles. The van der Waals surface area contributed by atoms with Crippen LogP contribution >= 0.6 is 27.7 Å². The Kier molecular flexibility index (Phi) is 5.84. The lowest BCUT2D eigenvalue weighted by atomic mass is 10.2. The molecule has 118 valence electrons. The van der Waals surface area contributed by atoms with Crippen molar-refractivity contribution in [1.29, 1.82) is 0 Å². The highest BCUT2D eigenvalue weighted by atomic mass is 79.9. The first-order valence-corrected chi connectivity index (χ1v) is 8.50. The van der Waals surface area contributed by atoms with Crippen molar-refractivity contribution < 1.29 is 9.53 Å². The van der Waals surface area contributed by atoms with Gasteiger partial charge >= 0.3 is 5.97 Å². The molecule has 1 aromatic heterocycles. The number of nitrogens with zero attached hydrogens (tertiary/aromatic N) is 3. The molecule has 0 bridgehead atoms. The number of esters is 1. The van der Waals surface area contributed by atoms with Crippen LogP contribution in [-0.2, 0) is 9.53 Å². The van der Waals surface area contributed by atoms with Crippen LogP contribution in [0.3, 0.4) is 0 Å². The molecule has 0 aliphatic carbocycles. The Hall–Kier alpha value is -1.54. The lowest BCUT2D eigenvalue weighted by molar-refractivity contribution is -0.142. The summed E-state index contributed by atoms with van der Waals surface area (Å²) in [6.45, 7) is 4.13. The number of aromatic nitrogens is 3. The molecule has 2 N–H and O–H groups in total. The van der Waals surface area contributed by atoms with E-state index in [4.69, 9.17) is 10.6 Å². The Morgan fingerprint density at radius 2 is 2.18 bits per heavy atom. The number of nitrogens with two attached hydrogens (primary N) is 1. The molecule has 1 atom stereocenters. The van der Waals surface area contributed by atoms with Gasteiger partial charge in [0.2, 0.25) is 5.16 Å². The molecule has 2 aromatic rings. The van der Waals surface area contributed by atoms with Gasteiger partial charge in [-0.15, -0.1) is 10.2 Å². The summed E-state index contributed by atoms with van der Waals surface area (Å²) in [5.74, 6) is 6.30. The van der Waals surface area contributed by atoms with Crippen LogP contribution in [0.15, 0.2) is 33.9 Å². The summed E-state index contributed by atoms with van der Waals surface area (Å²) in [6, 6.07) is 7.60. The third-order valence-corrected chi connectivity index (χ3v) is 4.57. The number of benzene rings is 1. The van der Waals surface area contributed by atoms with Crippen LogP contribution in [0, 0.1) is 0 Å². The first-order chi connectivity index (χ1) is 10.5. The van der Waals surface area contributed by atoms with E-state index >= 15 is 0 Å². The number of halogens is 1. The Morgan fingerprint density at radius 3 is 2.86 bits per heavy atom. The van der Waals surface area contributed by atoms with Crippen molar-refractivity contribution in [2.75, 3.05) is 12.4 Å². The molecule has 0 spiro atoms. The first kappa shape index (κ1) is 16.8. The first-order valence-electron chi connectivity index (χ1n) is 6.83. The molecular weight excluding hydrogens is 368 g/mol. The Morgan fingerprint density at radius 1 is 1.45 bits per heavy atom. The number of carbonyl (C=O) groups excluding carboxylic acids is 1. The molecule has 2 rings (SSSR count). The Bertz CT molecular complexity index is 662. The number of carbonyl (C=O) groups is 1. The van der Waals surface area contributed by atoms with E-state index in [1.54, 1.807) is 6.92 Å². The fourth-order valence-corrected chi connectivity index (χ4v) is 2.94. The van der Waals surface area contributed by atoms with Gasteiger partial charge in [-0.1, -0.05) is 46.7 Å². The molecule has 0 aliphatic heterocycles. The van der Waals surface area contributed by atoms with Crippen molar-refractivity contribution in [1.82, 2.24) is 14.9 Å². The van der Waals surface area contributed by atoms with E-state index in [1.807, 2.05) is 31.2 Å². The third-order valence-electron chi connectivity index (χ3n) is 2.84. The molecule has 1 heterocycles. The highest BCUT2D eigenvalue weighted by Gasteiger charge is 2.21. The molecule has 0 amide bonds.